The molecule has 82 valence electrons. The largest absolute Gasteiger partial charge is 0.494 e. The molecule has 0 aliphatic rings. The van der Waals surface area contributed by atoms with E-state index in [0.717, 1.165) is 12.8 Å². The molecule has 0 bridgehead atoms. The van der Waals surface area contributed by atoms with Crippen LogP contribution in [0.2, 0.25) is 0 Å². The molecule has 0 aliphatic carbocycles. The molecule has 0 spiro atoms. The second-order valence-electron chi connectivity index (χ2n) is 3.22. The van der Waals surface area contributed by atoms with Gasteiger partial charge in [-0.05, 0) is 24.6 Å². The molecule has 15 heavy (non-hydrogen) atoms. The van der Waals surface area contributed by atoms with Crippen LogP contribution in [0.15, 0.2) is 24.3 Å². The molecule has 0 aliphatic heterocycles. The highest BCUT2D eigenvalue weighted by Gasteiger charge is 2.05. The molecular weight excluding hydrogens is 192 g/mol. The molecule has 1 rings (SSSR count). The maximum Gasteiger partial charge on any atom is 0.337 e. The number of methoxy groups -OCH3 is 1. The normalized spacial score (nSPS) is 9.73. The van der Waals surface area contributed by atoms with Gasteiger partial charge in [-0.3, -0.25) is 0 Å². The lowest BCUT2D eigenvalue weighted by Gasteiger charge is -2.06. The Labute approximate surface area is 90.0 Å². The second kappa shape index (κ2) is 6.06. The van der Waals surface area contributed by atoms with Crippen LogP contribution in [-0.2, 0) is 4.74 Å². The van der Waals surface area contributed by atoms with Crippen molar-refractivity contribution in [3.8, 4) is 5.75 Å². The van der Waals surface area contributed by atoms with Crippen molar-refractivity contribution in [2.24, 2.45) is 0 Å². The van der Waals surface area contributed by atoms with Gasteiger partial charge in [0.2, 0.25) is 0 Å². The maximum atomic E-state index is 11.2. The Kier molecular flexibility index (Phi) is 4.68. The predicted molar refractivity (Wildman–Crippen MR) is 58.2 cm³/mol. The molecule has 0 heterocycles. The topological polar surface area (TPSA) is 35.5 Å². The first-order valence-corrected chi connectivity index (χ1v) is 5.09. The Balaban J connectivity index is 2.62. The fourth-order valence-electron chi connectivity index (χ4n) is 1.17. The van der Waals surface area contributed by atoms with Gasteiger partial charge in [0.05, 0.1) is 19.3 Å². The molecule has 0 saturated heterocycles. The standard InChI is InChI=1S/C12H16O3/c1-3-4-8-15-11-7-5-6-10(9-11)12(13)14-2/h5-7,9H,3-4,8H2,1-2H3. The Morgan fingerprint density at radius 2 is 2.20 bits per heavy atom. The monoisotopic (exact) mass is 208 g/mol. The third-order valence-electron chi connectivity index (χ3n) is 2.02. The van der Waals surface area contributed by atoms with Gasteiger partial charge < -0.3 is 9.47 Å². The van der Waals surface area contributed by atoms with Gasteiger partial charge in [0.25, 0.3) is 0 Å². The van der Waals surface area contributed by atoms with Crippen molar-refractivity contribution in [2.45, 2.75) is 19.8 Å². The van der Waals surface area contributed by atoms with E-state index in [9.17, 15) is 4.79 Å². The Bertz CT molecular complexity index is 320. The van der Waals surface area contributed by atoms with Crippen LogP contribution in [-0.4, -0.2) is 19.7 Å². The van der Waals surface area contributed by atoms with Crippen molar-refractivity contribution in [3.05, 3.63) is 29.8 Å². The van der Waals surface area contributed by atoms with Gasteiger partial charge >= 0.3 is 5.97 Å². The van der Waals surface area contributed by atoms with Crippen LogP contribution in [0, 0.1) is 0 Å². The summed E-state index contributed by atoms with van der Waals surface area (Å²) in [5.74, 6) is 0.377. The molecule has 0 atom stereocenters. The molecule has 0 N–H and O–H groups in total. The zero-order valence-electron chi connectivity index (χ0n) is 9.16. The molecule has 0 amide bonds. The highest BCUT2D eigenvalue weighted by atomic mass is 16.5. The summed E-state index contributed by atoms with van der Waals surface area (Å²) in [5.41, 5.74) is 0.520. The van der Waals surface area contributed by atoms with Gasteiger partial charge in [-0.2, -0.15) is 0 Å². The smallest absolute Gasteiger partial charge is 0.337 e. The van der Waals surface area contributed by atoms with Crippen LogP contribution in [0.3, 0.4) is 0 Å². The Hall–Kier alpha value is -1.51. The van der Waals surface area contributed by atoms with Crippen molar-refractivity contribution in [1.82, 2.24) is 0 Å². The molecule has 3 heteroatoms. The SMILES string of the molecule is CCCCOc1cccc(C(=O)OC)c1. The van der Waals surface area contributed by atoms with E-state index < -0.39 is 0 Å². The van der Waals surface area contributed by atoms with E-state index in [1.165, 1.54) is 7.11 Å². The molecule has 0 fully saturated rings. The average Bonchev–Trinajstić information content (AvgIpc) is 2.29. The first kappa shape index (κ1) is 11.6. The third kappa shape index (κ3) is 3.62. The summed E-state index contributed by atoms with van der Waals surface area (Å²) >= 11 is 0. The van der Waals surface area contributed by atoms with Crippen LogP contribution in [0.5, 0.6) is 5.75 Å². The minimum atomic E-state index is -0.337. The van der Waals surface area contributed by atoms with E-state index in [1.807, 2.05) is 6.07 Å². The predicted octanol–water partition coefficient (Wildman–Crippen LogP) is 2.65. The quantitative estimate of drug-likeness (QED) is 0.551. The molecule has 0 unspecified atom stereocenters. The molecular formula is C12H16O3. The number of carbonyl (C=O) groups is 1. The molecule has 3 nitrogen and oxygen atoms in total. The van der Waals surface area contributed by atoms with E-state index in [1.54, 1.807) is 18.2 Å². The van der Waals surface area contributed by atoms with E-state index in [2.05, 4.69) is 11.7 Å². The van der Waals surface area contributed by atoms with Gasteiger partial charge in [0.15, 0.2) is 0 Å². The summed E-state index contributed by atoms with van der Waals surface area (Å²) in [7, 11) is 1.37. The van der Waals surface area contributed by atoms with Gasteiger partial charge in [-0.25, -0.2) is 4.79 Å². The zero-order valence-corrected chi connectivity index (χ0v) is 9.16. The first-order valence-electron chi connectivity index (χ1n) is 5.09. The Morgan fingerprint density at radius 3 is 2.87 bits per heavy atom. The summed E-state index contributed by atoms with van der Waals surface area (Å²) in [6.45, 7) is 2.79. The molecule has 1 aromatic rings. The van der Waals surface area contributed by atoms with Crippen molar-refractivity contribution in [3.63, 3.8) is 0 Å². The number of benzene rings is 1. The summed E-state index contributed by atoms with van der Waals surface area (Å²) in [5, 5.41) is 0. The molecule has 0 aromatic heterocycles. The van der Waals surface area contributed by atoms with Crippen LogP contribution in [0.25, 0.3) is 0 Å². The van der Waals surface area contributed by atoms with E-state index in [4.69, 9.17) is 4.74 Å². The van der Waals surface area contributed by atoms with E-state index in [0.29, 0.717) is 17.9 Å². The number of unbranched alkanes of at least 4 members (excludes halogenated alkanes) is 1. The number of hydrogen-bond donors (Lipinski definition) is 0. The summed E-state index contributed by atoms with van der Waals surface area (Å²) < 4.78 is 10.1. The summed E-state index contributed by atoms with van der Waals surface area (Å²) in [4.78, 5) is 11.2. The van der Waals surface area contributed by atoms with Gasteiger partial charge in [-0.1, -0.05) is 19.4 Å². The first-order chi connectivity index (χ1) is 7.27. The van der Waals surface area contributed by atoms with E-state index in [-0.39, 0.29) is 5.97 Å². The molecule has 1 aromatic carbocycles. The summed E-state index contributed by atoms with van der Waals surface area (Å²) in [6.07, 6.45) is 2.11. The fourth-order valence-corrected chi connectivity index (χ4v) is 1.17. The van der Waals surface area contributed by atoms with Crippen LogP contribution in [0.4, 0.5) is 0 Å². The zero-order chi connectivity index (χ0) is 11.1. The highest BCUT2D eigenvalue weighted by Crippen LogP contribution is 2.14. The minimum Gasteiger partial charge on any atom is -0.494 e. The number of carbonyl (C=O) groups excluding carboxylic acids is 1. The fraction of sp³-hybridized carbons (Fsp3) is 0.417. The number of ether oxygens (including phenoxy) is 2. The van der Waals surface area contributed by atoms with Crippen molar-refractivity contribution in [1.29, 1.82) is 0 Å². The maximum absolute atomic E-state index is 11.2. The average molecular weight is 208 g/mol. The number of rotatable bonds is 5. The number of esters is 1. The van der Waals surface area contributed by atoms with Crippen LogP contribution < -0.4 is 4.74 Å². The third-order valence-corrected chi connectivity index (χ3v) is 2.02. The highest BCUT2D eigenvalue weighted by molar-refractivity contribution is 5.89. The lowest BCUT2D eigenvalue weighted by molar-refractivity contribution is 0.0600. The van der Waals surface area contributed by atoms with Crippen LogP contribution in [0.1, 0.15) is 30.1 Å². The minimum absolute atomic E-state index is 0.337. The molecule has 0 radical (unpaired) electrons. The van der Waals surface area contributed by atoms with Gasteiger partial charge in [0, 0.05) is 0 Å². The number of hydrogen-bond acceptors (Lipinski definition) is 3. The van der Waals surface area contributed by atoms with Gasteiger partial charge in [0.1, 0.15) is 5.75 Å². The second-order valence-corrected chi connectivity index (χ2v) is 3.22. The Morgan fingerprint density at radius 1 is 1.40 bits per heavy atom. The van der Waals surface area contributed by atoms with Crippen molar-refractivity contribution < 1.29 is 14.3 Å². The lowest BCUT2D eigenvalue weighted by Crippen LogP contribution is -2.02. The summed E-state index contributed by atoms with van der Waals surface area (Å²) in [6, 6.07) is 7.02. The van der Waals surface area contributed by atoms with E-state index >= 15 is 0 Å². The van der Waals surface area contributed by atoms with Gasteiger partial charge in [-0.15, -0.1) is 0 Å². The van der Waals surface area contributed by atoms with Crippen LogP contribution >= 0.6 is 0 Å². The van der Waals surface area contributed by atoms with Crippen molar-refractivity contribution >= 4 is 5.97 Å². The lowest BCUT2D eigenvalue weighted by atomic mass is 10.2. The van der Waals surface area contributed by atoms with Crippen molar-refractivity contribution in [2.75, 3.05) is 13.7 Å². The molecule has 0 saturated carbocycles.